The van der Waals surface area contributed by atoms with Gasteiger partial charge in [-0.05, 0) is 30.0 Å². The quantitative estimate of drug-likeness (QED) is 0.879. The third-order valence-electron chi connectivity index (χ3n) is 2.97. The van der Waals surface area contributed by atoms with E-state index in [0.29, 0.717) is 0 Å². The molecule has 2 rings (SSSR count). The van der Waals surface area contributed by atoms with Gasteiger partial charge >= 0.3 is 0 Å². The summed E-state index contributed by atoms with van der Waals surface area (Å²) in [5.74, 6) is -1.37. The van der Waals surface area contributed by atoms with Crippen molar-refractivity contribution < 1.29 is 14.3 Å². The lowest BCUT2D eigenvalue weighted by Gasteiger charge is -2.17. The number of nitrogens with one attached hydrogen (secondary N) is 1. The highest BCUT2D eigenvalue weighted by molar-refractivity contribution is 7.10. The van der Waals surface area contributed by atoms with E-state index in [9.17, 15) is 9.18 Å². The molecule has 1 aromatic heterocycles. The SMILES string of the molecule is CCCC(NC(=O)c1ccc(O)cc1F)c1cccs1. The second-order valence-electron chi connectivity index (χ2n) is 4.49. The zero-order chi connectivity index (χ0) is 14.5. The van der Waals surface area contributed by atoms with E-state index in [1.165, 1.54) is 12.1 Å². The van der Waals surface area contributed by atoms with Crippen LogP contribution in [-0.2, 0) is 0 Å². The first-order chi connectivity index (χ1) is 9.61. The Kier molecular flexibility index (Phi) is 4.74. The van der Waals surface area contributed by atoms with Crippen LogP contribution in [0.1, 0.15) is 41.0 Å². The molecule has 0 aliphatic rings. The van der Waals surface area contributed by atoms with Crippen molar-refractivity contribution in [2.75, 3.05) is 0 Å². The third kappa shape index (κ3) is 3.36. The first kappa shape index (κ1) is 14.5. The molecule has 2 aromatic rings. The number of halogens is 1. The van der Waals surface area contributed by atoms with Crippen LogP contribution < -0.4 is 5.32 Å². The number of carbonyl (C=O) groups excluding carboxylic acids is 1. The van der Waals surface area contributed by atoms with E-state index in [1.54, 1.807) is 11.3 Å². The number of benzene rings is 1. The number of amides is 1. The summed E-state index contributed by atoms with van der Waals surface area (Å²) < 4.78 is 13.7. The molecule has 1 heterocycles. The number of thiophene rings is 1. The van der Waals surface area contributed by atoms with Crippen LogP contribution in [0.4, 0.5) is 4.39 Å². The number of rotatable bonds is 5. The number of carbonyl (C=O) groups is 1. The molecule has 0 saturated heterocycles. The first-order valence-corrected chi connectivity index (χ1v) is 7.32. The molecule has 106 valence electrons. The topological polar surface area (TPSA) is 49.3 Å². The Morgan fingerprint density at radius 3 is 2.85 bits per heavy atom. The van der Waals surface area contributed by atoms with Gasteiger partial charge < -0.3 is 10.4 Å². The molecule has 2 N–H and O–H groups in total. The van der Waals surface area contributed by atoms with Crippen molar-refractivity contribution in [3.05, 3.63) is 52.0 Å². The van der Waals surface area contributed by atoms with Gasteiger partial charge in [-0.15, -0.1) is 11.3 Å². The van der Waals surface area contributed by atoms with Crippen LogP contribution in [-0.4, -0.2) is 11.0 Å². The fourth-order valence-electron chi connectivity index (χ4n) is 1.99. The smallest absolute Gasteiger partial charge is 0.254 e. The van der Waals surface area contributed by atoms with Crippen molar-refractivity contribution in [3.8, 4) is 5.75 Å². The minimum atomic E-state index is -0.719. The molecule has 0 aliphatic heterocycles. The minimum absolute atomic E-state index is 0.0551. The van der Waals surface area contributed by atoms with Crippen molar-refractivity contribution in [2.24, 2.45) is 0 Å². The maximum Gasteiger partial charge on any atom is 0.254 e. The summed E-state index contributed by atoms with van der Waals surface area (Å²) in [4.78, 5) is 13.2. The summed E-state index contributed by atoms with van der Waals surface area (Å²) in [6, 6.07) is 7.30. The Labute approximate surface area is 121 Å². The standard InChI is InChI=1S/C15H16FNO2S/c1-2-4-13(14-5-3-8-20-14)17-15(19)11-7-6-10(18)9-12(11)16/h3,5-9,13,18H,2,4H2,1H3,(H,17,19). The van der Waals surface area contributed by atoms with E-state index in [1.807, 2.05) is 24.4 Å². The second-order valence-corrected chi connectivity index (χ2v) is 5.47. The van der Waals surface area contributed by atoms with Gasteiger partial charge in [-0.25, -0.2) is 4.39 Å². The lowest BCUT2D eigenvalue weighted by atomic mass is 10.1. The molecule has 20 heavy (non-hydrogen) atoms. The molecular formula is C15H16FNO2S. The Hall–Kier alpha value is -1.88. The largest absolute Gasteiger partial charge is 0.508 e. The predicted molar refractivity (Wildman–Crippen MR) is 77.5 cm³/mol. The molecule has 0 bridgehead atoms. The maximum absolute atomic E-state index is 13.7. The van der Waals surface area contributed by atoms with Gasteiger partial charge in [0, 0.05) is 10.9 Å². The van der Waals surface area contributed by atoms with Crippen molar-refractivity contribution in [3.63, 3.8) is 0 Å². The van der Waals surface area contributed by atoms with Gasteiger partial charge in [0.2, 0.25) is 0 Å². The average Bonchev–Trinajstić information content (AvgIpc) is 2.91. The Bertz CT molecular complexity index is 584. The molecule has 0 saturated carbocycles. The number of hydrogen-bond acceptors (Lipinski definition) is 3. The highest BCUT2D eigenvalue weighted by atomic mass is 32.1. The van der Waals surface area contributed by atoms with Gasteiger partial charge in [-0.1, -0.05) is 19.4 Å². The molecular weight excluding hydrogens is 277 g/mol. The van der Waals surface area contributed by atoms with Crippen LogP contribution in [0.3, 0.4) is 0 Å². The molecule has 0 fully saturated rings. The highest BCUT2D eigenvalue weighted by Gasteiger charge is 2.18. The van der Waals surface area contributed by atoms with Crippen molar-refractivity contribution >= 4 is 17.2 Å². The zero-order valence-corrected chi connectivity index (χ0v) is 11.9. The van der Waals surface area contributed by atoms with Gasteiger partial charge in [-0.2, -0.15) is 0 Å². The average molecular weight is 293 g/mol. The summed E-state index contributed by atoms with van der Waals surface area (Å²) in [7, 11) is 0. The van der Waals surface area contributed by atoms with Crippen molar-refractivity contribution in [2.45, 2.75) is 25.8 Å². The van der Waals surface area contributed by atoms with Gasteiger partial charge in [0.25, 0.3) is 5.91 Å². The van der Waals surface area contributed by atoms with Crippen molar-refractivity contribution in [1.29, 1.82) is 0 Å². The maximum atomic E-state index is 13.7. The van der Waals surface area contributed by atoms with E-state index in [4.69, 9.17) is 5.11 Å². The summed E-state index contributed by atoms with van der Waals surface area (Å²) in [5.41, 5.74) is -0.0551. The van der Waals surface area contributed by atoms with E-state index >= 15 is 0 Å². The van der Waals surface area contributed by atoms with Gasteiger partial charge in [0.15, 0.2) is 0 Å². The third-order valence-corrected chi connectivity index (χ3v) is 3.95. The summed E-state index contributed by atoms with van der Waals surface area (Å²) in [5, 5.41) is 14.0. The fourth-order valence-corrected chi connectivity index (χ4v) is 2.80. The van der Waals surface area contributed by atoms with Crippen LogP contribution in [0, 0.1) is 5.82 Å². The molecule has 1 unspecified atom stereocenters. The Morgan fingerprint density at radius 1 is 1.45 bits per heavy atom. The minimum Gasteiger partial charge on any atom is -0.508 e. The van der Waals surface area contributed by atoms with Crippen LogP contribution in [0.25, 0.3) is 0 Å². The lowest BCUT2D eigenvalue weighted by Crippen LogP contribution is -2.28. The van der Waals surface area contributed by atoms with E-state index in [-0.39, 0.29) is 17.4 Å². The van der Waals surface area contributed by atoms with E-state index in [0.717, 1.165) is 23.8 Å². The normalized spacial score (nSPS) is 12.1. The summed E-state index contributed by atoms with van der Waals surface area (Å²) in [6.07, 6.45) is 1.72. The number of aromatic hydroxyl groups is 1. The van der Waals surface area contributed by atoms with Crippen LogP contribution in [0.15, 0.2) is 35.7 Å². The zero-order valence-electron chi connectivity index (χ0n) is 11.1. The lowest BCUT2D eigenvalue weighted by molar-refractivity contribution is 0.0931. The first-order valence-electron chi connectivity index (χ1n) is 6.44. The van der Waals surface area contributed by atoms with Crippen LogP contribution in [0.2, 0.25) is 0 Å². The van der Waals surface area contributed by atoms with E-state index in [2.05, 4.69) is 5.32 Å². The Morgan fingerprint density at radius 2 is 2.25 bits per heavy atom. The summed E-state index contributed by atoms with van der Waals surface area (Å²) in [6.45, 7) is 2.04. The monoisotopic (exact) mass is 293 g/mol. The molecule has 0 radical (unpaired) electrons. The molecule has 3 nitrogen and oxygen atoms in total. The molecule has 1 atom stereocenters. The van der Waals surface area contributed by atoms with Crippen molar-refractivity contribution in [1.82, 2.24) is 5.32 Å². The van der Waals surface area contributed by atoms with Gasteiger partial charge in [0.1, 0.15) is 11.6 Å². The molecule has 5 heteroatoms. The molecule has 0 aliphatic carbocycles. The fraction of sp³-hybridized carbons (Fsp3) is 0.267. The van der Waals surface area contributed by atoms with Crippen LogP contribution >= 0.6 is 11.3 Å². The molecule has 0 spiro atoms. The van der Waals surface area contributed by atoms with E-state index < -0.39 is 11.7 Å². The predicted octanol–water partition coefficient (Wildman–Crippen LogP) is 3.86. The second kappa shape index (κ2) is 6.52. The van der Waals surface area contributed by atoms with Crippen LogP contribution in [0.5, 0.6) is 5.75 Å². The Balaban J connectivity index is 2.16. The molecule has 1 amide bonds. The van der Waals surface area contributed by atoms with Gasteiger partial charge in [-0.3, -0.25) is 4.79 Å². The molecule has 1 aromatic carbocycles. The number of hydrogen-bond donors (Lipinski definition) is 2. The number of phenolic OH excluding ortho intramolecular Hbond substituents is 1. The summed E-state index contributed by atoms with van der Waals surface area (Å²) >= 11 is 1.57. The van der Waals surface area contributed by atoms with Gasteiger partial charge in [0.05, 0.1) is 11.6 Å². The number of phenols is 1. The highest BCUT2D eigenvalue weighted by Crippen LogP contribution is 2.24.